The van der Waals surface area contributed by atoms with Crippen LogP contribution in [0.1, 0.15) is 10.6 Å². The number of ether oxygens (including phenoxy) is 1. The Morgan fingerprint density at radius 1 is 1.07 bits per heavy atom. The smallest absolute Gasteiger partial charge is 0.387 e. The van der Waals surface area contributed by atoms with Crippen LogP contribution in [-0.2, 0) is 0 Å². The molecule has 4 rings (SSSR count). The summed E-state index contributed by atoms with van der Waals surface area (Å²) in [5, 5.41) is 8.44. The van der Waals surface area contributed by atoms with Crippen molar-refractivity contribution in [2.45, 2.75) is 6.61 Å². The molecule has 0 saturated heterocycles. The number of thiazole rings is 1. The zero-order valence-corrected chi connectivity index (χ0v) is 15.5. The second-order valence-corrected chi connectivity index (χ2v) is 6.67. The number of alkyl halides is 2. The number of halogens is 2. The third kappa shape index (κ3) is 4.30. The number of hydrogen-bond acceptors (Lipinski definition) is 6. The summed E-state index contributed by atoms with van der Waals surface area (Å²) in [7, 11) is 0. The number of benzene rings is 2. The first kappa shape index (κ1) is 18.8. The van der Waals surface area contributed by atoms with E-state index in [1.807, 2.05) is 30.3 Å². The Kier molecular flexibility index (Phi) is 5.30. The number of carbonyl (C=O) groups is 1. The van der Waals surface area contributed by atoms with E-state index in [2.05, 4.69) is 20.2 Å². The number of amides is 1. The fourth-order valence-electron chi connectivity index (χ4n) is 2.62. The average molecular weight is 413 g/mol. The van der Waals surface area contributed by atoms with E-state index < -0.39 is 12.5 Å². The Balaban J connectivity index is 1.50. The highest BCUT2D eigenvalue weighted by Gasteiger charge is 2.17. The number of hydrogen-bond donors (Lipinski definition) is 1. The third-order valence-electron chi connectivity index (χ3n) is 3.91. The van der Waals surface area contributed by atoms with Gasteiger partial charge in [-0.15, -0.1) is 11.3 Å². The number of aromatic nitrogens is 2. The van der Waals surface area contributed by atoms with Gasteiger partial charge in [0.15, 0.2) is 5.13 Å². The van der Waals surface area contributed by atoms with Crippen molar-refractivity contribution < 1.29 is 22.8 Å². The van der Waals surface area contributed by atoms with Crippen LogP contribution in [0.5, 0.6) is 5.75 Å². The molecular weight excluding hydrogens is 400 g/mol. The zero-order valence-electron chi connectivity index (χ0n) is 14.7. The zero-order chi connectivity index (χ0) is 20.2. The molecule has 29 heavy (non-hydrogen) atoms. The lowest BCUT2D eigenvalue weighted by atomic mass is 10.1. The highest BCUT2D eigenvalue weighted by Crippen LogP contribution is 2.33. The second-order valence-electron chi connectivity index (χ2n) is 5.81. The molecule has 0 spiro atoms. The monoisotopic (exact) mass is 413 g/mol. The van der Waals surface area contributed by atoms with Crippen molar-refractivity contribution in [2.75, 3.05) is 5.32 Å². The van der Waals surface area contributed by atoms with Crippen LogP contribution in [0.25, 0.3) is 22.5 Å². The number of para-hydroxylation sites is 1. The number of anilines is 1. The van der Waals surface area contributed by atoms with Crippen LogP contribution in [0.15, 0.2) is 70.6 Å². The maximum atomic E-state index is 12.6. The van der Waals surface area contributed by atoms with Crippen LogP contribution < -0.4 is 10.1 Å². The van der Waals surface area contributed by atoms with E-state index in [1.54, 1.807) is 23.6 Å². The minimum atomic E-state index is -2.95. The van der Waals surface area contributed by atoms with E-state index >= 15 is 0 Å². The van der Waals surface area contributed by atoms with E-state index in [0.29, 0.717) is 17.0 Å². The summed E-state index contributed by atoms with van der Waals surface area (Å²) in [6.45, 7) is -2.95. The fourth-order valence-corrected chi connectivity index (χ4v) is 3.32. The van der Waals surface area contributed by atoms with Gasteiger partial charge in [0.2, 0.25) is 5.76 Å². The van der Waals surface area contributed by atoms with Crippen LogP contribution in [0.2, 0.25) is 0 Å². The van der Waals surface area contributed by atoms with Gasteiger partial charge in [0.1, 0.15) is 11.4 Å². The molecule has 9 heteroatoms. The normalized spacial score (nSPS) is 10.9. The van der Waals surface area contributed by atoms with Crippen LogP contribution in [0.3, 0.4) is 0 Å². The lowest BCUT2D eigenvalue weighted by molar-refractivity contribution is -0.0494. The molecule has 0 bridgehead atoms. The van der Waals surface area contributed by atoms with Gasteiger partial charge >= 0.3 is 6.61 Å². The molecule has 0 saturated carbocycles. The Hall–Kier alpha value is -3.59. The van der Waals surface area contributed by atoms with Crippen LogP contribution >= 0.6 is 11.3 Å². The minimum absolute atomic E-state index is 0.00779. The van der Waals surface area contributed by atoms with E-state index in [1.165, 1.54) is 12.1 Å². The molecule has 0 atom stereocenters. The lowest BCUT2D eigenvalue weighted by Gasteiger charge is -2.08. The molecule has 0 aliphatic carbocycles. The van der Waals surface area contributed by atoms with Crippen molar-refractivity contribution in [1.82, 2.24) is 10.1 Å². The van der Waals surface area contributed by atoms with E-state index in [-0.39, 0.29) is 16.6 Å². The van der Waals surface area contributed by atoms with Crippen molar-refractivity contribution in [3.63, 3.8) is 0 Å². The van der Waals surface area contributed by atoms with E-state index in [0.717, 1.165) is 16.9 Å². The Labute approximate surface area is 167 Å². The number of carbonyl (C=O) groups excluding carboxylic acids is 1. The molecule has 6 nitrogen and oxygen atoms in total. The van der Waals surface area contributed by atoms with E-state index in [4.69, 9.17) is 4.52 Å². The Morgan fingerprint density at radius 3 is 2.62 bits per heavy atom. The summed E-state index contributed by atoms with van der Waals surface area (Å²) in [6, 6.07) is 17.1. The highest BCUT2D eigenvalue weighted by molar-refractivity contribution is 7.14. The van der Waals surface area contributed by atoms with Crippen LogP contribution in [-0.4, -0.2) is 22.7 Å². The van der Waals surface area contributed by atoms with Gasteiger partial charge in [0, 0.05) is 22.6 Å². The topological polar surface area (TPSA) is 77.2 Å². The molecule has 0 aliphatic heterocycles. The third-order valence-corrected chi connectivity index (χ3v) is 4.66. The highest BCUT2D eigenvalue weighted by atomic mass is 32.1. The summed E-state index contributed by atoms with van der Waals surface area (Å²) in [5.74, 6) is -0.479. The molecule has 1 amide bonds. The first-order chi connectivity index (χ1) is 14.1. The van der Waals surface area contributed by atoms with Gasteiger partial charge in [-0.05, 0) is 12.1 Å². The molecule has 146 valence electrons. The average Bonchev–Trinajstić information content (AvgIpc) is 3.38. The molecule has 2 aromatic carbocycles. The van der Waals surface area contributed by atoms with E-state index in [9.17, 15) is 13.6 Å². The van der Waals surface area contributed by atoms with Gasteiger partial charge in [-0.25, -0.2) is 4.98 Å². The maximum Gasteiger partial charge on any atom is 0.387 e. The summed E-state index contributed by atoms with van der Waals surface area (Å²) >= 11 is 1.15. The first-order valence-electron chi connectivity index (χ1n) is 8.43. The van der Waals surface area contributed by atoms with Gasteiger partial charge in [-0.2, -0.15) is 8.78 Å². The molecule has 1 N–H and O–H groups in total. The molecule has 4 aromatic rings. The fraction of sp³-hybridized carbons (Fsp3) is 0.0500. The largest absolute Gasteiger partial charge is 0.434 e. The lowest BCUT2D eigenvalue weighted by Crippen LogP contribution is -2.10. The number of rotatable bonds is 6. The number of nitrogens with zero attached hydrogens (tertiary/aromatic N) is 2. The molecule has 2 heterocycles. The van der Waals surface area contributed by atoms with Crippen molar-refractivity contribution in [3.8, 4) is 28.3 Å². The predicted octanol–water partition coefficient (Wildman–Crippen LogP) is 5.32. The van der Waals surface area contributed by atoms with Crippen molar-refractivity contribution in [3.05, 3.63) is 71.8 Å². The van der Waals surface area contributed by atoms with Gasteiger partial charge in [-0.3, -0.25) is 10.1 Å². The summed E-state index contributed by atoms with van der Waals surface area (Å²) in [4.78, 5) is 16.7. The molecule has 2 aromatic heterocycles. The van der Waals surface area contributed by atoms with Crippen molar-refractivity contribution in [1.29, 1.82) is 0 Å². The quantitative estimate of drug-likeness (QED) is 0.463. The summed E-state index contributed by atoms with van der Waals surface area (Å²) < 4.78 is 34.8. The summed E-state index contributed by atoms with van der Waals surface area (Å²) in [6.07, 6.45) is 0. The number of nitrogens with one attached hydrogen (secondary N) is 1. The molecular formula is C20H13F2N3O3S. The van der Waals surface area contributed by atoms with Gasteiger partial charge < -0.3 is 9.26 Å². The minimum Gasteiger partial charge on any atom is -0.434 e. The van der Waals surface area contributed by atoms with Crippen LogP contribution in [0.4, 0.5) is 13.9 Å². The first-order valence-corrected chi connectivity index (χ1v) is 9.31. The molecule has 0 fully saturated rings. The van der Waals surface area contributed by atoms with Crippen molar-refractivity contribution in [2.24, 2.45) is 0 Å². The Morgan fingerprint density at radius 2 is 1.83 bits per heavy atom. The molecule has 0 radical (unpaired) electrons. The predicted molar refractivity (Wildman–Crippen MR) is 104 cm³/mol. The molecule has 0 aliphatic rings. The standard InChI is InChI=1S/C20H13F2N3O3S/c21-19(22)27-16-9-5-4-8-13(16)15-11-29-20(23-15)24-18(26)17-10-14(25-28-17)12-6-2-1-3-7-12/h1-11,19H,(H,23,24,26). The van der Waals surface area contributed by atoms with Gasteiger partial charge in [0.25, 0.3) is 5.91 Å². The van der Waals surface area contributed by atoms with Gasteiger partial charge in [-0.1, -0.05) is 47.6 Å². The SMILES string of the molecule is O=C(Nc1nc(-c2ccccc2OC(F)F)cs1)c1cc(-c2ccccc2)no1. The van der Waals surface area contributed by atoms with Crippen LogP contribution in [0, 0.1) is 0 Å². The maximum absolute atomic E-state index is 12.6. The van der Waals surface area contributed by atoms with Gasteiger partial charge in [0.05, 0.1) is 5.69 Å². The second kappa shape index (κ2) is 8.19. The summed E-state index contributed by atoms with van der Waals surface area (Å²) in [5.41, 5.74) is 2.16. The Bertz CT molecular complexity index is 1130. The molecule has 0 unspecified atom stereocenters. The van der Waals surface area contributed by atoms with Crippen molar-refractivity contribution >= 4 is 22.4 Å².